The molecule has 3 aromatic carbocycles. The second kappa shape index (κ2) is 10.4. The van der Waals surface area contributed by atoms with E-state index in [1.54, 1.807) is 12.1 Å². The molecule has 8 heteroatoms. The molecule has 2 atom stereocenters. The smallest absolute Gasteiger partial charge is 0.406 e. The molecule has 37 heavy (non-hydrogen) atoms. The third-order valence-electron chi connectivity index (χ3n) is 6.97. The van der Waals surface area contributed by atoms with Gasteiger partial charge in [-0.25, -0.2) is 0 Å². The second-order valence-corrected chi connectivity index (χ2v) is 9.50. The quantitative estimate of drug-likeness (QED) is 0.422. The summed E-state index contributed by atoms with van der Waals surface area (Å²) in [6.45, 7) is 3.73. The van der Waals surface area contributed by atoms with Gasteiger partial charge in [0.1, 0.15) is 11.6 Å². The molecular weight excluding hydrogens is 479 g/mol. The van der Waals surface area contributed by atoms with Crippen LogP contribution in [-0.2, 0) is 11.3 Å². The number of carbonyl (C=O) groups is 1. The van der Waals surface area contributed by atoms with Gasteiger partial charge in [-0.1, -0.05) is 72.8 Å². The van der Waals surface area contributed by atoms with Crippen LogP contribution in [0.4, 0.5) is 13.2 Å². The van der Waals surface area contributed by atoms with Crippen LogP contribution in [0.5, 0.6) is 5.75 Å². The number of hydrogen-bond acceptors (Lipinski definition) is 4. The summed E-state index contributed by atoms with van der Waals surface area (Å²) in [5.74, 6) is 0.234. The average Bonchev–Trinajstić information content (AvgIpc) is 2.88. The number of fused-ring (bicyclic) bond motifs is 1. The van der Waals surface area contributed by atoms with Crippen LogP contribution >= 0.6 is 0 Å². The number of rotatable bonds is 6. The van der Waals surface area contributed by atoms with Gasteiger partial charge >= 0.3 is 6.36 Å². The van der Waals surface area contributed by atoms with E-state index in [0.29, 0.717) is 13.1 Å². The van der Waals surface area contributed by atoms with Crippen molar-refractivity contribution in [1.82, 2.24) is 9.80 Å². The second-order valence-electron chi connectivity index (χ2n) is 9.50. The van der Waals surface area contributed by atoms with Crippen LogP contribution in [0.2, 0.25) is 0 Å². The van der Waals surface area contributed by atoms with E-state index in [2.05, 4.69) is 9.64 Å². The van der Waals surface area contributed by atoms with Gasteiger partial charge in [-0.2, -0.15) is 0 Å². The fraction of sp³-hybridized carbons (Fsp3) is 0.310. The van der Waals surface area contributed by atoms with Gasteiger partial charge in [0.2, 0.25) is 5.91 Å². The highest BCUT2D eigenvalue weighted by Crippen LogP contribution is 2.36. The summed E-state index contributed by atoms with van der Waals surface area (Å²) >= 11 is 0. The molecule has 0 N–H and O–H groups in total. The number of amides is 1. The van der Waals surface area contributed by atoms with Crippen LogP contribution in [0.15, 0.2) is 89.9 Å². The summed E-state index contributed by atoms with van der Waals surface area (Å²) in [4.78, 5) is 23.0. The van der Waals surface area contributed by atoms with E-state index < -0.39 is 6.36 Å². The first kappa shape index (κ1) is 25.0. The van der Waals surface area contributed by atoms with E-state index in [1.165, 1.54) is 12.1 Å². The Morgan fingerprint density at radius 3 is 2.11 bits per heavy atom. The Hall–Kier alpha value is -3.65. The molecule has 1 amide bonds. The van der Waals surface area contributed by atoms with Gasteiger partial charge in [0, 0.05) is 19.6 Å². The number of halogens is 3. The highest BCUT2D eigenvalue weighted by atomic mass is 19.4. The zero-order valence-corrected chi connectivity index (χ0v) is 20.4. The molecule has 0 saturated carbocycles. The number of hydrogen-bond donors (Lipinski definition) is 0. The van der Waals surface area contributed by atoms with Crippen molar-refractivity contribution in [3.63, 3.8) is 0 Å². The third kappa shape index (κ3) is 5.69. The molecule has 3 aromatic rings. The fourth-order valence-corrected chi connectivity index (χ4v) is 5.32. The number of benzene rings is 3. The van der Waals surface area contributed by atoms with Gasteiger partial charge in [0.25, 0.3) is 0 Å². The van der Waals surface area contributed by atoms with Crippen LogP contribution < -0.4 is 4.74 Å². The maximum absolute atomic E-state index is 14.0. The van der Waals surface area contributed by atoms with Crippen LogP contribution in [0.3, 0.4) is 0 Å². The van der Waals surface area contributed by atoms with Crippen molar-refractivity contribution >= 4 is 11.7 Å². The SMILES string of the molecule is CC1=NC2CCN(Cc3ccc(OC(F)(F)F)cc3)CC2C(=O)N1C(c1ccccc1)c1ccccc1. The lowest BCUT2D eigenvalue weighted by Crippen LogP contribution is -2.55. The molecule has 0 aromatic heterocycles. The highest BCUT2D eigenvalue weighted by molar-refractivity contribution is 6.01. The van der Waals surface area contributed by atoms with Crippen molar-refractivity contribution in [2.75, 3.05) is 13.1 Å². The number of carbonyl (C=O) groups excluding carboxylic acids is 1. The Morgan fingerprint density at radius 2 is 1.54 bits per heavy atom. The molecule has 1 saturated heterocycles. The fourth-order valence-electron chi connectivity index (χ4n) is 5.32. The zero-order valence-electron chi connectivity index (χ0n) is 20.4. The lowest BCUT2D eigenvalue weighted by molar-refractivity contribution is -0.274. The molecule has 192 valence electrons. The largest absolute Gasteiger partial charge is 0.573 e. The molecule has 2 aliphatic heterocycles. The normalized spacial score (nSPS) is 20.5. The van der Waals surface area contributed by atoms with E-state index in [9.17, 15) is 18.0 Å². The molecule has 1 fully saturated rings. The lowest BCUT2D eigenvalue weighted by Gasteiger charge is -2.44. The van der Waals surface area contributed by atoms with Crippen molar-refractivity contribution in [2.24, 2.45) is 10.9 Å². The first-order valence-electron chi connectivity index (χ1n) is 12.3. The van der Waals surface area contributed by atoms with E-state index >= 15 is 0 Å². The monoisotopic (exact) mass is 507 g/mol. The van der Waals surface area contributed by atoms with Crippen molar-refractivity contribution in [2.45, 2.75) is 38.3 Å². The minimum atomic E-state index is -4.72. The summed E-state index contributed by atoms with van der Waals surface area (Å²) in [7, 11) is 0. The van der Waals surface area contributed by atoms with Gasteiger partial charge in [-0.05, 0) is 42.2 Å². The van der Waals surface area contributed by atoms with E-state index in [-0.39, 0.29) is 29.7 Å². The van der Waals surface area contributed by atoms with Crippen LogP contribution in [0.1, 0.15) is 36.1 Å². The summed E-state index contributed by atoms with van der Waals surface area (Å²) in [6.07, 6.45) is -3.97. The maximum Gasteiger partial charge on any atom is 0.573 e. The third-order valence-corrected chi connectivity index (χ3v) is 6.97. The maximum atomic E-state index is 14.0. The standard InChI is InChI=1S/C29H28F3N3O2/c1-20-33-26-16-17-34(18-21-12-14-24(15-13-21)37-29(30,31)32)19-25(26)28(36)35(20)27(22-8-4-2-5-9-22)23-10-6-3-7-11-23/h2-15,25-27H,16-19H2,1H3. The van der Waals surface area contributed by atoms with Gasteiger partial charge in [-0.3, -0.25) is 19.6 Å². The Labute approximate surface area is 214 Å². The molecule has 5 rings (SSSR count). The average molecular weight is 508 g/mol. The minimum absolute atomic E-state index is 0.0498. The molecule has 5 nitrogen and oxygen atoms in total. The minimum Gasteiger partial charge on any atom is -0.406 e. The number of nitrogens with zero attached hydrogens (tertiary/aromatic N) is 3. The van der Waals surface area contributed by atoms with Crippen molar-refractivity contribution < 1.29 is 22.7 Å². The van der Waals surface area contributed by atoms with Crippen LogP contribution in [-0.4, -0.2) is 47.0 Å². The molecule has 2 unspecified atom stereocenters. The molecule has 0 aliphatic carbocycles. The zero-order chi connectivity index (χ0) is 26.0. The Morgan fingerprint density at radius 1 is 0.946 bits per heavy atom. The van der Waals surface area contributed by atoms with Crippen molar-refractivity contribution in [3.05, 3.63) is 102 Å². The number of alkyl halides is 3. The van der Waals surface area contributed by atoms with E-state index in [1.807, 2.05) is 72.5 Å². The Balaban J connectivity index is 1.36. The predicted molar refractivity (Wildman–Crippen MR) is 135 cm³/mol. The number of piperidine rings is 1. The first-order valence-corrected chi connectivity index (χ1v) is 12.3. The Bertz CT molecular complexity index is 1210. The van der Waals surface area contributed by atoms with Crippen molar-refractivity contribution in [3.8, 4) is 5.75 Å². The summed E-state index contributed by atoms with van der Waals surface area (Å²) in [5.41, 5.74) is 2.90. The number of likely N-dealkylation sites (tertiary alicyclic amines) is 1. The van der Waals surface area contributed by atoms with E-state index in [4.69, 9.17) is 4.99 Å². The van der Waals surface area contributed by atoms with Crippen molar-refractivity contribution in [1.29, 1.82) is 0 Å². The first-order chi connectivity index (χ1) is 17.8. The molecule has 0 spiro atoms. The van der Waals surface area contributed by atoms with Crippen LogP contribution in [0, 0.1) is 5.92 Å². The van der Waals surface area contributed by atoms with E-state index in [0.717, 1.165) is 35.5 Å². The topological polar surface area (TPSA) is 45.1 Å². The predicted octanol–water partition coefficient (Wildman–Crippen LogP) is 5.83. The number of aliphatic imine (C=N–C) groups is 1. The summed E-state index contributed by atoms with van der Waals surface area (Å²) in [5, 5.41) is 0. The van der Waals surface area contributed by atoms with Gasteiger partial charge in [-0.15, -0.1) is 13.2 Å². The Kier molecular flexibility index (Phi) is 7.02. The van der Waals surface area contributed by atoms with Gasteiger partial charge in [0.05, 0.1) is 18.0 Å². The highest BCUT2D eigenvalue weighted by Gasteiger charge is 2.43. The van der Waals surface area contributed by atoms with Gasteiger partial charge < -0.3 is 4.74 Å². The summed E-state index contributed by atoms with van der Waals surface area (Å²) in [6, 6.07) is 25.5. The summed E-state index contributed by atoms with van der Waals surface area (Å²) < 4.78 is 41.4. The number of ether oxygens (including phenoxy) is 1. The molecule has 0 bridgehead atoms. The molecule has 2 aliphatic rings. The lowest BCUT2D eigenvalue weighted by atomic mass is 9.87. The number of amidine groups is 1. The molecular formula is C29H28F3N3O2. The molecule has 0 radical (unpaired) electrons. The van der Waals surface area contributed by atoms with Crippen LogP contribution in [0.25, 0.3) is 0 Å². The van der Waals surface area contributed by atoms with Gasteiger partial charge in [0.15, 0.2) is 0 Å². The molecule has 2 heterocycles.